The van der Waals surface area contributed by atoms with Gasteiger partial charge in [-0.3, -0.25) is 0 Å². The molecule has 0 rings (SSSR count). The number of hydrogen-bond donors (Lipinski definition) is 0. The van der Waals surface area contributed by atoms with Gasteiger partial charge in [-0.15, -0.1) is 0 Å². The normalized spacial score (nSPS) is 14.7. The highest BCUT2D eigenvalue weighted by molar-refractivity contribution is 4.74. The lowest BCUT2D eigenvalue weighted by Crippen LogP contribution is -2.41. The van der Waals surface area contributed by atoms with Crippen LogP contribution in [0.15, 0.2) is 0 Å². The van der Waals surface area contributed by atoms with E-state index in [4.69, 9.17) is 19.6 Å². The van der Waals surface area contributed by atoms with Gasteiger partial charge in [-0.25, -0.2) is 9.78 Å². The Morgan fingerprint density at radius 3 is 0.926 bits per heavy atom. The van der Waals surface area contributed by atoms with Crippen LogP contribution in [0.4, 0.5) is 0 Å². The lowest BCUT2D eigenvalue weighted by Gasteiger charge is -2.36. The third-order valence-electron chi connectivity index (χ3n) is 3.86. The summed E-state index contributed by atoms with van der Waals surface area (Å²) in [6, 6.07) is 0. The Balaban J connectivity index is 5.30. The van der Waals surface area contributed by atoms with Crippen molar-refractivity contribution in [2.75, 3.05) is 0 Å². The molecule has 0 amide bonds. The molecule has 0 aromatic carbocycles. The van der Waals surface area contributed by atoms with E-state index in [1.54, 1.807) is 0 Å². The summed E-state index contributed by atoms with van der Waals surface area (Å²) in [6.07, 6.45) is 5.62. The first-order valence-corrected chi connectivity index (χ1v) is 10.6. The minimum absolute atomic E-state index is 0.271. The topological polar surface area (TPSA) is 36.9 Å². The molecule has 0 aromatic rings. The first-order valence-electron chi connectivity index (χ1n) is 10.6. The van der Waals surface area contributed by atoms with Crippen LogP contribution in [0.2, 0.25) is 0 Å². The summed E-state index contributed by atoms with van der Waals surface area (Å²) in [6.45, 7) is 25.4. The van der Waals surface area contributed by atoms with Crippen LogP contribution in [-0.4, -0.2) is 17.0 Å². The van der Waals surface area contributed by atoms with Gasteiger partial charge in [0.2, 0.25) is 5.79 Å². The SMILES string of the molecule is CC(C)(C)CCCC(CCCC(C)(C)C)(OOC(C)(C)C)OOC(C)(C)C. The van der Waals surface area contributed by atoms with Crippen molar-refractivity contribution in [1.29, 1.82) is 0 Å². The molecule has 0 unspecified atom stereocenters. The summed E-state index contributed by atoms with van der Waals surface area (Å²) in [7, 11) is 0. The Hall–Kier alpha value is -0.160. The first kappa shape index (κ1) is 26.8. The van der Waals surface area contributed by atoms with Gasteiger partial charge in [-0.05, 0) is 78.1 Å². The van der Waals surface area contributed by atoms with Gasteiger partial charge in [-0.1, -0.05) is 41.5 Å². The molecule has 0 heterocycles. The highest BCUT2D eigenvalue weighted by atomic mass is 17.3. The summed E-state index contributed by atoms with van der Waals surface area (Å²) < 4.78 is 0. The molecule has 0 bridgehead atoms. The second-order valence-electron chi connectivity index (χ2n) is 12.3. The van der Waals surface area contributed by atoms with E-state index in [1.807, 2.05) is 41.5 Å². The van der Waals surface area contributed by atoms with Crippen molar-refractivity contribution in [3.8, 4) is 0 Å². The van der Waals surface area contributed by atoms with E-state index in [0.29, 0.717) is 0 Å². The maximum Gasteiger partial charge on any atom is 0.234 e. The largest absolute Gasteiger partial charge is 0.234 e. The van der Waals surface area contributed by atoms with E-state index in [-0.39, 0.29) is 10.8 Å². The summed E-state index contributed by atoms with van der Waals surface area (Å²) >= 11 is 0. The Labute approximate surface area is 169 Å². The van der Waals surface area contributed by atoms with Crippen molar-refractivity contribution in [2.24, 2.45) is 10.8 Å². The van der Waals surface area contributed by atoms with Crippen LogP contribution in [0, 0.1) is 10.8 Å². The first-order chi connectivity index (χ1) is 11.8. The van der Waals surface area contributed by atoms with Crippen LogP contribution < -0.4 is 0 Å². The fourth-order valence-corrected chi connectivity index (χ4v) is 2.48. The van der Waals surface area contributed by atoms with Crippen LogP contribution in [0.5, 0.6) is 0 Å². The monoisotopic (exact) mass is 388 g/mol. The summed E-state index contributed by atoms with van der Waals surface area (Å²) in [5, 5.41) is 0. The van der Waals surface area contributed by atoms with E-state index in [2.05, 4.69) is 41.5 Å². The summed E-state index contributed by atoms with van der Waals surface area (Å²) in [5.74, 6) is -0.892. The third-order valence-corrected chi connectivity index (χ3v) is 3.86. The van der Waals surface area contributed by atoms with Crippen molar-refractivity contribution in [1.82, 2.24) is 0 Å². The van der Waals surface area contributed by atoms with E-state index in [0.717, 1.165) is 38.5 Å². The van der Waals surface area contributed by atoms with Gasteiger partial charge < -0.3 is 0 Å². The molecule has 4 heteroatoms. The van der Waals surface area contributed by atoms with E-state index in [9.17, 15) is 0 Å². The maximum absolute atomic E-state index is 5.97. The zero-order valence-electron chi connectivity index (χ0n) is 20.4. The molecule has 164 valence electrons. The molecule has 0 aromatic heterocycles. The lowest BCUT2D eigenvalue weighted by atomic mass is 9.86. The van der Waals surface area contributed by atoms with Crippen molar-refractivity contribution in [3.05, 3.63) is 0 Å². The summed E-state index contributed by atoms with van der Waals surface area (Å²) in [4.78, 5) is 23.4. The minimum Gasteiger partial charge on any atom is -0.228 e. The number of hydrogen-bond acceptors (Lipinski definition) is 4. The third kappa shape index (κ3) is 16.5. The molecular formula is C23H48O4. The molecule has 0 atom stereocenters. The molecule has 0 saturated heterocycles. The average Bonchev–Trinajstić information content (AvgIpc) is 2.38. The van der Waals surface area contributed by atoms with Gasteiger partial charge in [0.15, 0.2) is 0 Å². The molecule has 0 saturated carbocycles. The van der Waals surface area contributed by atoms with E-state index < -0.39 is 17.0 Å². The number of rotatable bonds is 10. The Morgan fingerprint density at radius 2 is 0.704 bits per heavy atom. The van der Waals surface area contributed by atoms with Gasteiger partial charge >= 0.3 is 0 Å². The average molecular weight is 389 g/mol. The van der Waals surface area contributed by atoms with Gasteiger partial charge in [0, 0.05) is 12.8 Å². The van der Waals surface area contributed by atoms with Crippen molar-refractivity contribution >= 4 is 0 Å². The molecule has 27 heavy (non-hydrogen) atoms. The van der Waals surface area contributed by atoms with Gasteiger partial charge in [0.25, 0.3) is 0 Å². The maximum atomic E-state index is 5.97. The molecule has 4 nitrogen and oxygen atoms in total. The molecule has 0 aliphatic carbocycles. The van der Waals surface area contributed by atoms with Gasteiger partial charge in [0.1, 0.15) is 0 Å². The highest BCUT2D eigenvalue weighted by Crippen LogP contribution is 2.35. The van der Waals surface area contributed by atoms with Gasteiger partial charge in [-0.2, -0.15) is 9.78 Å². The van der Waals surface area contributed by atoms with Crippen molar-refractivity contribution in [3.63, 3.8) is 0 Å². The minimum atomic E-state index is -0.892. The predicted octanol–water partition coefficient (Wildman–Crippen LogP) is 7.61. The van der Waals surface area contributed by atoms with Crippen molar-refractivity contribution in [2.45, 2.75) is 139 Å². The van der Waals surface area contributed by atoms with Crippen LogP contribution in [0.1, 0.15) is 122 Å². The highest BCUT2D eigenvalue weighted by Gasteiger charge is 2.38. The fourth-order valence-electron chi connectivity index (χ4n) is 2.48. The molecular weight excluding hydrogens is 340 g/mol. The fraction of sp³-hybridized carbons (Fsp3) is 1.00. The van der Waals surface area contributed by atoms with Crippen LogP contribution in [0.25, 0.3) is 0 Å². The summed E-state index contributed by atoms with van der Waals surface area (Å²) in [5.41, 5.74) is -0.283. The molecule has 0 radical (unpaired) electrons. The second-order valence-corrected chi connectivity index (χ2v) is 12.3. The predicted molar refractivity (Wildman–Crippen MR) is 113 cm³/mol. The molecule has 0 aliphatic heterocycles. The molecule has 0 aliphatic rings. The van der Waals surface area contributed by atoms with Crippen LogP contribution in [0.3, 0.4) is 0 Å². The van der Waals surface area contributed by atoms with E-state index in [1.165, 1.54) is 0 Å². The Kier molecular flexibility index (Phi) is 9.99. The lowest BCUT2D eigenvalue weighted by molar-refractivity contribution is -0.544. The van der Waals surface area contributed by atoms with Crippen molar-refractivity contribution < 1.29 is 19.6 Å². The molecule has 0 spiro atoms. The Bertz CT molecular complexity index is 362. The quantitative estimate of drug-likeness (QED) is 0.219. The van der Waals surface area contributed by atoms with Crippen LogP contribution >= 0.6 is 0 Å². The second kappa shape index (κ2) is 10.0. The van der Waals surface area contributed by atoms with Gasteiger partial charge in [0.05, 0.1) is 11.2 Å². The molecule has 0 N–H and O–H groups in total. The zero-order chi connectivity index (χ0) is 21.6. The molecule has 0 fully saturated rings. The van der Waals surface area contributed by atoms with E-state index >= 15 is 0 Å². The standard InChI is InChI=1S/C23H48O4/c1-19(2,3)15-13-17-23(26-24-21(7,8)9,27-25-22(10,11)12)18-14-16-20(4,5)6/h13-18H2,1-12H3. The zero-order valence-corrected chi connectivity index (χ0v) is 20.4. The van der Waals surface area contributed by atoms with Crippen LogP contribution in [-0.2, 0) is 19.6 Å². The smallest absolute Gasteiger partial charge is 0.228 e. The Morgan fingerprint density at radius 1 is 0.407 bits per heavy atom.